The maximum absolute atomic E-state index is 4.16. The Kier molecular flexibility index (Phi) is 2.50. The molecule has 1 rings (SSSR count). The molecule has 0 aliphatic heterocycles. The Balaban J connectivity index is 2.74. The smallest absolute Gasteiger partial charge is 0.0949 e. The highest BCUT2D eigenvalue weighted by Crippen LogP contribution is 2.01. The van der Waals surface area contributed by atoms with Gasteiger partial charge in [0.1, 0.15) is 0 Å². The number of hydrogen-bond acceptors (Lipinski definition) is 1. The van der Waals surface area contributed by atoms with Crippen LogP contribution in [0.2, 0.25) is 0 Å². The number of alkyl halides is 1. The van der Waals surface area contributed by atoms with Crippen LogP contribution in [0.5, 0.6) is 0 Å². The highest BCUT2D eigenvalue weighted by atomic mass is 127. The summed E-state index contributed by atoms with van der Waals surface area (Å²) in [5, 5.41) is 0. The fourth-order valence-electron chi connectivity index (χ4n) is 0.648. The molecule has 0 N–H and O–H groups in total. The van der Waals surface area contributed by atoms with Gasteiger partial charge in [-0.05, 0) is 6.92 Å². The number of aryl methyl sites for hydroxylation is 1. The first-order valence-corrected chi connectivity index (χ1v) is 4.46. The molecule has 2 nitrogen and oxygen atoms in total. The van der Waals surface area contributed by atoms with Crippen molar-refractivity contribution in [3.8, 4) is 0 Å². The number of rotatable bonds is 2. The van der Waals surface area contributed by atoms with E-state index in [2.05, 4.69) is 45.3 Å². The molecule has 0 saturated heterocycles. The Morgan fingerprint density at radius 3 is 2.89 bits per heavy atom. The molecule has 9 heavy (non-hydrogen) atoms. The Morgan fingerprint density at radius 2 is 2.56 bits per heavy atom. The molecule has 1 aromatic heterocycles. The largest absolute Gasteiger partial charge is 0.337 e. The molecule has 0 aliphatic carbocycles. The van der Waals surface area contributed by atoms with Crippen LogP contribution in [0, 0.1) is 0 Å². The van der Waals surface area contributed by atoms with Crippen LogP contribution in [0.25, 0.3) is 0 Å². The highest BCUT2D eigenvalue weighted by Gasteiger charge is 1.91. The second-order valence-corrected chi connectivity index (χ2v) is 2.59. The fourth-order valence-corrected chi connectivity index (χ4v) is 1.04. The molecule has 50 valence electrons. The van der Waals surface area contributed by atoms with Crippen LogP contribution < -0.4 is 0 Å². The van der Waals surface area contributed by atoms with Gasteiger partial charge in [-0.2, -0.15) is 0 Å². The van der Waals surface area contributed by atoms with Crippen LogP contribution in [0.3, 0.4) is 0 Å². The topological polar surface area (TPSA) is 17.8 Å². The summed E-state index contributed by atoms with van der Waals surface area (Å²) in [7, 11) is 0. The first-order valence-electron chi connectivity index (χ1n) is 2.93. The van der Waals surface area contributed by atoms with E-state index in [-0.39, 0.29) is 0 Å². The van der Waals surface area contributed by atoms with Crippen LogP contribution in [0.15, 0.2) is 12.5 Å². The van der Waals surface area contributed by atoms with E-state index < -0.39 is 0 Å². The van der Waals surface area contributed by atoms with Crippen LogP contribution >= 0.6 is 22.6 Å². The van der Waals surface area contributed by atoms with Gasteiger partial charge in [0.15, 0.2) is 0 Å². The third-order valence-corrected chi connectivity index (χ3v) is 1.97. The van der Waals surface area contributed by atoms with Crippen molar-refractivity contribution in [3.05, 3.63) is 18.2 Å². The lowest BCUT2D eigenvalue weighted by Crippen LogP contribution is -1.86. The maximum atomic E-state index is 4.16. The summed E-state index contributed by atoms with van der Waals surface area (Å²) in [6.07, 6.45) is 3.94. The summed E-state index contributed by atoms with van der Waals surface area (Å²) < 4.78 is 3.08. The molecule has 0 bridgehead atoms. The van der Waals surface area contributed by atoms with Crippen LogP contribution in [0.4, 0.5) is 0 Å². The van der Waals surface area contributed by atoms with Gasteiger partial charge in [0.05, 0.1) is 12.0 Å². The van der Waals surface area contributed by atoms with E-state index in [1.54, 1.807) is 0 Å². The standard InChI is InChI=1S/C6H9IN2/c1-2-9-4-6(3-7)8-5-9/h4-5H,2-3H2,1H3. The summed E-state index contributed by atoms with van der Waals surface area (Å²) in [5.74, 6) is 0. The summed E-state index contributed by atoms with van der Waals surface area (Å²) in [6, 6.07) is 0. The van der Waals surface area contributed by atoms with Crippen LogP contribution in [-0.4, -0.2) is 9.55 Å². The van der Waals surface area contributed by atoms with E-state index in [1.807, 2.05) is 6.33 Å². The Morgan fingerprint density at radius 1 is 1.78 bits per heavy atom. The molecule has 3 heteroatoms. The number of hydrogen-bond donors (Lipinski definition) is 0. The van der Waals surface area contributed by atoms with Crippen molar-refractivity contribution in [2.24, 2.45) is 0 Å². The summed E-state index contributed by atoms with van der Waals surface area (Å²) >= 11 is 2.31. The molecule has 0 amide bonds. The Hall–Kier alpha value is -0.0600. The average Bonchev–Trinajstić information content (AvgIpc) is 2.34. The van der Waals surface area contributed by atoms with Gasteiger partial charge in [0.2, 0.25) is 0 Å². The maximum Gasteiger partial charge on any atom is 0.0949 e. The van der Waals surface area contributed by atoms with Crippen LogP contribution in [0.1, 0.15) is 12.6 Å². The van der Waals surface area contributed by atoms with Gasteiger partial charge >= 0.3 is 0 Å². The molecule has 0 unspecified atom stereocenters. The second-order valence-electron chi connectivity index (χ2n) is 1.83. The average molecular weight is 236 g/mol. The minimum absolute atomic E-state index is 1.00. The van der Waals surface area contributed by atoms with Crippen molar-refractivity contribution in [2.75, 3.05) is 0 Å². The third kappa shape index (κ3) is 1.67. The zero-order chi connectivity index (χ0) is 6.69. The second kappa shape index (κ2) is 3.20. The number of halogens is 1. The molecule has 0 atom stereocenters. The molecule has 0 aliphatic rings. The lowest BCUT2D eigenvalue weighted by atomic mass is 10.6. The summed E-state index contributed by atoms with van der Waals surface area (Å²) in [4.78, 5) is 4.16. The van der Waals surface area contributed by atoms with Crippen molar-refractivity contribution in [1.82, 2.24) is 9.55 Å². The Bertz CT molecular complexity index is 164. The number of nitrogens with zero attached hydrogens (tertiary/aromatic N) is 2. The zero-order valence-electron chi connectivity index (χ0n) is 5.34. The van der Waals surface area contributed by atoms with Gasteiger partial charge in [-0.1, -0.05) is 22.6 Å². The Labute approximate surface area is 68.4 Å². The minimum Gasteiger partial charge on any atom is -0.337 e. The van der Waals surface area contributed by atoms with Gasteiger partial charge in [-0.3, -0.25) is 0 Å². The fraction of sp³-hybridized carbons (Fsp3) is 0.500. The molecular formula is C6H9IN2. The van der Waals surface area contributed by atoms with E-state index in [9.17, 15) is 0 Å². The molecule has 0 spiro atoms. The van der Waals surface area contributed by atoms with Crippen molar-refractivity contribution in [2.45, 2.75) is 17.9 Å². The van der Waals surface area contributed by atoms with Crippen molar-refractivity contribution in [3.63, 3.8) is 0 Å². The lowest BCUT2D eigenvalue weighted by Gasteiger charge is -1.89. The molecule has 1 heterocycles. The first kappa shape index (κ1) is 7.05. The third-order valence-electron chi connectivity index (χ3n) is 1.19. The highest BCUT2D eigenvalue weighted by molar-refractivity contribution is 14.1. The SMILES string of the molecule is CCn1cnc(CI)c1. The van der Waals surface area contributed by atoms with Crippen LogP contribution in [-0.2, 0) is 11.0 Å². The van der Waals surface area contributed by atoms with Gasteiger partial charge in [0.25, 0.3) is 0 Å². The zero-order valence-corrected chi connectivity index (χ0v) is 7.50. The van der Waals surface area contributed by atoms with E-state index in [0.29, 0.717) is 0 Å². The van der Waals surface area contributed by atoms with E-state index >= 15 is 0 Å². The lowest BCUT2D eigenvalue weighted by molar-refractivity contribution is 0.761. The predicted octanol–water partition coefficient (Wildman–Crippen LogP) is 1.84. The first-order chi connectivity index (χ1) is 4.36. The van der Waals surface area contributed by atoms with Crippen molar-refractivity contribution < 1.29 is 0 Å². The van der Waals surface area contributed by atoms with Gasteiger partial charge in [-0.15, -0.1) is 0 Å². The predicted molar refractivity (Wildman–Crippen MR) is 45.6 cm³/mol. The normalized spacial score (nSPS) is 10.0. The van der Waals surface area contributed by atoms with Crippen molar-refractivity contribution in [1.29, 1.82) is 0 Å². The number of imidazole rings is 1. The monoisotopic (exact) mass is 236 g/mol. The van der Waals surface area contributed by atoms with E-state index in [1.165, 1.54) is 0 Å². The quantitative estimate of drug-likeness (QED) is 0.565. The van der Waals surface area contributed by atoms with E-state index in [0.717, 1.165) is 16.7 Å². The van der Waals surface area contributed by atoms with E-state index in [4.69, 9.17) is 0 Å². The molecular weight excluding hydrogens is 227 g/mol. The minimum atomic E-state index is 1.00. The van der Waals surface area contributed by atoms with Crippen molar-refractivity contribution >= 4 is 22.6 Å². The summed E-state index contributed by atoms with van der Waals surface area (Å²) in [5.41, 5.74) is 1.16. The van der Waals surface area contributed by atoms with Gasteiger partial charge in [-0.25, -0.2) is 4.98 Å². The molecule has 0 fully saturated rings. The summed E-state index contributed by atoms with van der Waals surface area (Å²) in [6.45, 7) is 3.13. The van der Waals surface area contributed by atoms with Gasteiger partial charge in [0, 0.05) is 17.2 Å². The molecule has 0 aromatic carbocycles. The molecule has 1 aromatic rings. The molecule has 0 radical (unpaired) electrons. The van der Waals surface area contributed by atoms with Gasteiger partial charge < -0.3 is 4.57 Å². The molecule has 0 saturated carbocycles. The number of aromatic nitrogens is 2.